The standard InChI is InChI=1S/C18H21N3/c1-13-9-10-15-16(11-13)21-17(20-15)19-12-18(2,3)14-7-5-4-6-8-14/h4-11H,12H2,1-3H3,(H2,19,20,21). The van der Waals surface area contributed by atoms with Crippen molar-refractivity contribution in [2.45, 2.75) is 26.2 Å². The van der Waals surface area contributed by atoms with E-state index in [1.807, 2.05) is 0 Å². The monoisotopic (exact) mass is 279 g/mol. The van der Waals surface area contributed by atoms with Crippen LogP contribution >= 0.6 is 0 Å². The summed E-state index contributed by atoms with van der Waals surface area (Å²) in [5.41, 5.74) is 4.69. The molecular weight excluding hydrogens is 258 g/mol. The van der Waals surface area contributed by atoms with E-state index in [4.69, 9.17) is 0 Å². The van der Waals surface area contributed by atoms with Crippen LogP contribution in [0.15, 0.2) is 48.5 Å². The summed E-state index contributed by atoms with van der Waals surface area (Å²) in [5, 5.41) is 3.43. The Labute approximate surface area is 125 Å². The molecule has 0 aliphatic heterocycles. The van der Waals surface area contributed by atoms with Crippen molar-refractivity contribution < 1.29 is 0 Å². The van der Waals surface area contributed by atoms with E-state index in [0.29, 0.717) is 0 Å². The van der Waals surface area contributed by atoms with Crippen LogP contribution in [0, 0.1) is 6.92 Å². The fourth-order valence-corrected chi connectivity index (χ4v) is 2.50. The van der Waals surface area contributed by atoms with Crippen LogP contribution in [-0.2, 0) is 5.41 Å². The lowest BCUT2D eigenvalue weighted by atomic mass is 9.85. The average molecular weight is 279 g/mol. The molecule has 0 radical (unpaired) electrons. The third-order valence-electron chi connectivity index (χ3n) is 3.89. The number of fused-ring (bicyclic) bond motifs is 1. The molecule has 3 nitrogen and oxygen atoms in total. The molecule has 2 aromatic carbocycles. The molecule has 1 heterocycles. The Morgan fingerprint density at radius 3 is 2.62 bits per heavy atom. The van der Waals surface area contributed by atoms with E-state index in [-0.39, 0.29) is 5.41 Å². The minimum absolute atomic E-state index is 0.0517. The summed E-state index contributed by atoms with van der Waals surface area (Å²) >= 11 is 0. The highest BCUT2D eigenvalue weighted by Crippen LogP contribution is 2.23. The maximum atomic E-state index is 4.58. The van der Waals surface area contributed by atoms with E-state index < -0.39 is 0 Å². The fourth-order valence-electron chi connectivity index (χ4n) is 2.50. The second kappa shape index (κ2) is 5.24. The van der Waals surface area contributed by atoms with Gasteiger partial charge in [-0.25, -0.2) is 4.98 Å². The van der Waals surface area contributed by atoms with Gasteiger partial charge in [0, 0.05) is 12.0 Å². The van der Waals surface area contributed by atoms with Crippen molar-refractivity contribution >= 4 is 17.0 Å². The first-order valence-corrected chi connectivity index (χ1v) is 7.30. The Morgan fingerprint density at radius 1 is 1.10 bits per heavy atom. The van der Waals surface area contributed by atoms with Gasteiger partial charge in [-0.05, 0) is 30.2 Å². The van der Waals surface area contributed by atoms with Crippen LogP contribution in [0.4, 0.5) is 5.95 Å². The molecule has 0 amide bonds. The molecule has 0 spiro atoms. The maximum absolute atomic E-state index is 4.58. The van der Waals surface area contributed by atoms with E-state index >= 15 is 0 Å². The Kier molecular flexibility index (Phi) is 3.42. The van der Waals surface area contributed by atoms with Gasteiger partial charge in [0.05, 0.1) is 11.0 Å². The number of aromatic amines is 1. The molecule has 21 heavy (non-hydrogen) atoms. The summed E-state index contributed by atoms with van der Waals surface area (Å²) in [6.45, 7) is 7.39. The van der Waals surface area contributed by atoms with Gasteiger partial charge in [0.25, 0.3) is 0 Å². The molecule has 108 valence electrons. The molecule has 3 aromatic rings. The highest BCUT2D eigenvalue weighted by molar-refractivity contribution is 5.78. The predicted molar refractivity (Wildman–Crippen MR) is 88.8 cm³/mol. The summed E-state index contributed by atoms with van der Waals surface area (Å²) in [6, 6.07) is 16.8. The number of anilines is 1. The first-order valence-electron chi connectivity index (χ1n) is 7.30. The summed E-state index contributed by atoms with van der Waals surface area (Å²) < 4.78 is 0. The third-order valence-corrected chi connectivity index (χ3v) is 3.89. The van der Waals surface area contributed by atoms with Gasteiger partial charge in [0.15, 0.2) is 0 Å². The minimum atomic E-state index is 0.0517. The number of hydrogen-bond donors (Lipinski definition) is 2. The van der Waals surface area contributed by atoms with Crippen LogP contribution in [0.3, 0.4) is 0 Å². The van der Waals surface area contributed by atoms with Crippen molar-refractivity contribution in [2.75, 3.05) is 11.9 Å². The van der Waals surface area contributed by atoms with Crippen molar-refractivity contribution in [3.05, 3.63) is 59.7 Å². The summed E-state index contributed by atoms with van der Waals surface area (Å²) in [7, 11) is 0. The zero-order valence-electron chi connectivity index (χ0n) is 12.8. The van der Waals surface area contributed by atoms with Crippen LogP contribution < -0.4 is 5.32 Å². The number of rotatable bonds is 4. The molecule has 0 saturated carbocycles. The highest BCUT2D eigenvalue weighted by atomic mass is 15.1. The molecule has 0 fully saturated rings. The van der Waals surface area contributed by atoms with Crippen LogP contribution in [0.25, 0.3) is 11.0 Å². The fraction of sp³-hybridized carbons (Fsp3) is 0.278. The molecule has 1 aromatic heterocycles. The summed E-state index contributed by atoms with van der Waals surface area (Å²) in [5.74, 6) is 0.833. The summed E-state index contributed by atoms with van der Waals surface area (Å²) in [4.78, 5) is 7.92. The lowest BCUT2D eigenvalue weighted by Gasteiger charge is -2.25. The number of benzene rings is 2. The molecule has 0 saturated heterocycles. The van der Waals surface area contributed by atoms with Gasteiger partial charge in [0.1, 0.15) is 0 Å². The number of aromatic nitrogens is 2. The second-order valence-electron chi connectivity index (χ2n) is 6.21. The van der Waals surface area contributed by atoms with Crippen molar-refractivity contribution in [1.29, 1.82) is 0 Å². The number of aryl methyl sites for hydroxylation is 1. The lowest BCUT2D eigenvalue weighted by Crippen LogP contribution is -2.27. The van der Waals surface area contributed by atoms with E-state index in [1.165, 1.54) is 11.1 Å². The first kappa shape index (κ1) is 13.7. The van der Waals surface area contributed by atoms with Crippen molar-refractivity contribution in [1.82, 2.24) is 9.97 Å². The highest BCUT2D eigenvalue weighted by Gasteiger charge is 2.20. The Bertz CT molecular complexity index is 742. The summed E-state index contributed by atoms with van der Waals surface area (Å²) in [6.07, 6.45) is 0. The topological polar surface area (TPSA) is 40.7 Å². The van der Waals surface area contributed by atoms with Crippen molar-refractivity contribution in [3.8, 4) is 0 Å². The zero-order chi connectivity index (χ0) is 14.9. The number of nitrogens with one attached hydrogen (secondary N) is 2. The van der Waals surface area contributed by atoms with E-state index in [2.05, 4.69) is 84.6 Å². The smallest absolute Gasteiger partial charge is 0.201 e. The first-order chi connectivity index (χ1) is 10.0. The molecular formula is C18H21N3. The van der Waals surface area contributed by atoms with Gasteiger partial charge in [-0.3, -0.25) is 0 Å². The SMILES string of the molecule is Cc1ccc2nc(NCC(C)(C)c3ccccc3)[nH]c2c1. The normalized spacial score (nSPS) is 11.8. The van der Waals surface area contributed by atoms with Gasteiger partial charge in [-0.15, -0.1) is 0 Å². The lowest BCUT2D eigenvalue weighted by molar-refractivity contribution is 0.555. The molecule has 0 aliphatic carbocycles. The largest absolute Gasteiger partial charge is 0.355 e. The quantitative estimate of drug-likeness (QED) is 0.749. The van der Waals surface area contributed by atoms with Gasteiger partial charge < -0.3 is 10.3 Å². The molecule has 3 heteroatoms. The maximum Gasteiger partial charge on any atom is 0.201 e. The van der Waals surface area contributed by atoms with Gasteiger partial charge in [-0.1, -0.05) is 50.2 Å². The molecule has 3 rings (SSSR count). The molecule has 0 atom stereocenters. The Morgan fingerprint density at radius 2 is 1.86 bits per heavy atom. The van der Waals surface area contributed by atoms with E-state index in [9.17, 15) is 0 Å². The predicted octanol–water partition coefficient (Wildman–Crippen LogP) is 4.26. The van der Waals surface area contributed by atoms with Crippen molar-refractivity contribution in [2.24, 2.45) is 0 Å². The number of hydrogen-bond acceptors (Lipinski definition) is 2. The minimum Gasteiger partial charge on any atom is -0.355 e. The average Bonchev–Trinajstić information content (AvgIpc) is 2.88. The Balaban J connectivity index is 1.77. The zero-order valence-corrected chi connectivity index (χ0v) is 12.8. The molecule has 0 bridgehead atoms. The van der Waals surface area contributed by atoms with Crippen LogP contribution in [-0.4, -0.2) is 16.5 Å². The molecule has 2 N–H and O–H groups in total. The van der Waals surface area contributed by atoms with Crippen LogP contribution in [0.5, 0.6) is 0 Å². The van der Waals surface area contributed by atoms with Crippen LogP contribution in [0.2, 0.25) is 0 Å². The van der Waals surface area contributed by atoms with Gasteiger partial charge in [0.2, 0.25) is 5.95 Å². The van der Waals surface area contributed by atoms with E-state index in [1.54, 1.807) is 0 Å². The molecule has 0 unspecified atom stereocenters. The Hall–Kier alpha value is -2.29. The number of imidazole rings is 1. The van der Waals surface area contributed by atoms with Crippen LogP contribution in [0.1, 0.15) is 25.0 Å². The van der Waals surface area contributed by atoms with Crippen molar-refractivity contribution in [3.63, 3.8) is 0 Å². The van der Waals surface area contributed by atoms with Gasteiger partial charge >= 0.3 is 0 Å². The van der Waals surface area contributed by atoms with E-state index in [0.717, 1.165) is 23.5 Å². The number of nitrogens with zero attached hydrogens (tertiary/aromatic N) is 1. The number of H-pyrrole nitrogens is 1. The molecule has 0 aliphatic rings. The third kappa shape index (κ3) is 2.92. The second-order valence-corrected chi connectivity index (χ2v) is 6.21. The van der Waals surface area contributed by atoms with Gasteiger partial charge in [-0.2, -0.15) is 0 Å².